The van der Waals surface area contributed by atoms with Crippen molar-refractivity contribution in [3.05, 3.63) is 39.9 Å². The molecule has 1 rings (SSSR count). The minimum absolute atomic E-state index is 0.0518. The molecule has 1 N–H and O–H groups in total. The predicted molar refractivity (Wildman–Crippen MR) is 70.6 cm³/mol. The van der Waals surface area contributed by atoms with Crippen LogP contribution in [-0.2, 0) is 16.1 Å². The Kier molecular flexibility index (Phi) is 5.00. The summed E-state index contributed by atoms with van der Waals surface area (Å²) in [7, 11) is 0. The monoisotopic (exact) mass is 266 g/mol. The number of hydrogen-bond acceptors (Lipinski definition) is 5. The van der Waals surface area contributed by atoms with E-state index in [0.717, 1.165) is 5.56 Å². The van der Waals surface area contributed by atoms with Gasteiger partial charge in [-0.25, -0.2) is 0 Å². The Bertz CT molecular complexity index is 449. The SMILES string of the molecule is CC(C)(C)OC(=O)CNCc1ccc([N+](=O)[O-])cc1. The van der Waals surface area contributed by atoms with E-state index >= 15 is 0 Å². The lowest BCUT2D eigenvalue weighted by Gasteiger charge is -2.19. The molecular formula is C13H18N2O4. The highest BCUT2D eigenvalue weighted by Crippen LogP contribution is 2.11. The molecule has 0 bridgehead atoms. The van der Waals surface area contributed by atoms with Gasteiger partial charge in [0.1, 0.15) is 5.60 Å². The quantitative estimate of drug-likeness (QED) is 0.501. The number of carbonyl (C=O) groups excluding carboxylic acids is 1. The second-order valence-corrected chi connectivity index (χ2v) is 5.11. The lowest BCUT2D eigenvalue weighted by molar-refractivity contribution is -0.384. The third-order valence-corrected chi connectivity index (χ3v) is 2.17. The van der Waals surface area contributed by atoms with Gasteiger partial charge in [-0.05, 0) is 26.3 Å². The van der Waals surface area contributed by atoms with Crippen molar-refractivity contribution in [2.24, 2.45) is 0 Å². The number of ether oxygens (including phenoxy) is 1. The molecule has 0 radical (unpaired) electrons. The Morgan fingerprint density at radius 1 is 1.32 bits per heavy atom. The van der Waals surface area contributed by atoms with Gasteiger partial charge in [0.2, 0.25) is 0 Å². The molecule has 0 amide bonds. The maximum atomic E-state index is 11.4. The fraction of sp³-hybridized carbons (Fsp3) is 0.462. The van der Waals surface area contributed by atoms with Gasteiger partial charge in [-0.3, -0.25) is 14.9 Å². The van der Waals surface area contributed by atoms with E-state index in [1.165, 1.54) is 12.1 Å². The molecule has 0 unspecified atom stereocenters. The third-order valence-electron chi connectivity index (χ3n) is 2.17. The highest BCUT2D eigenvalue weighted by Gasteiger charge is 2.15. The van der Waals surface area contributed by atoms with E-state index in [4.69, 9.17) is 4.74 Å². The van der Waals surface area contributed by atoms with Crippen molar-refractivity contribution >= 4 is 11.7 Å². The summed E-state index contributed by atoms with van der Waals surface area (Å²) in [6, 6.07) is 6.18. The van der Waals surface area contributed by atoms with E-state index in [0.29, 0.717) is 6.54 Å². The van der Waals surface area contributed by atoms with Crippen LogP contribution in [0.15, 0.2) is 24.3 Å². The number of carbonyl (C=O) groups is 1. The van der Waals surface area contributed by atoms with Crippen molar-refractivity contribution in [2.45, 2.75) is 32.9 Å². The van der Waals surface area contributed by atoms with Crippen LogP contribution < -0.4 is 5.32 Å². The Hall–Kier alpha value is -1.95. The molecule has 6 nitrogen and oxygen atoms in total. The van der Waals surface area contributed by atoms with Crippen molar-refractivity contribution < 1.29 is 14.5 Å². The molecule has 1 aromatic carbocycles. The number of nitro groups is 1. The van der Waals surface area contributed by atoms with Crippen LogP contribution in [-0.4, -0.2) is 23.0 Å². The first-order valence-corrected chi connectivity index (χ1v) is 5.94. The first-order chi connectivity index (χ1) is 8.78. The molecule has 0 aliphatic rings. The molecule has 0 atom stereocenters. The van der Waals surface area contributed by atoms with Gasteiger partial charge >= 0.3 is 5.97 Å². The molecule has 0 aliphatic carbocycles. The number of hydrogen-bond donors (Lipinski definition) is 1. The minimum Gasteiger partial charge on any atom is -0.459 e. The summed E-state index contributed by atoms with van der Waals surface area (Å²) in [6.07, 6.45) is 0. The normalized spacial score (nSPS) is 11.1. The standard InChI is InChI=1S/C13H18N2O4/c1-13(2,3)19-12(16)9-14-8-10-4-6-11(7-5-10)15(17)18/h4-7,14H,8-9H2,1-3H3. The molecule has 0 aromatic heterocycles. The Morgan fingerprint density at radius 3 is 2.37 bits per heavy atom. The van der Waals surface area contributed by atoms with Gasteiger partial charge in [0.05, 0.1) is 11.5 Å². The number of esters is 1. The summed E-state index contributed by atoms with van der Waals surface area (Å²) in [5, 5.41) is 13.4. The summed E-state index contributed by atoms with van der Waals surface area (Å²) in [4.78, 5) is 21.4. The lowest BCUT2D eigenvalue weighted by Crippen LogP contribution is -2.31. The van der Waals surface area contributed by atoms with Gasteiger partial charge in [-0.1, -0.05) is 12.1 Å². The molecule has 0 fully saturated rings. The van der Waals surface area contributed by atoms with Crippen molar-refractivity contribution in [2.75, 3.05) is 6.54 Å². The molecule has 1 aromatic rings. The highest BCUT2D eigenvalue weighted by molar-refractivity contribution is 5.72. The number of nitro benzene ring substituents is 1. The summed E-state index contributed by atoms with van der Waals surface area (Å²) < 4.78 is 5.14. The number of rotatable bonds is 5. The van der Waals surface area contributed by atoms with E-state index in [-0.39, 0.29) is 18.2 Å². The van der Waals surface area contributed by atoms with Crippen molar-refractivity contribution in [3.63, 3.8) is 0 Å². The molecular weight excluding hydrogens is 248 g/mol. The maximum absolute atomic E-state index is 11.4. The van der Waals surface area contributed by atoms with Gasteiger partial charge < -0.3 is 10.1 Å². The van der Waals surface area contributed by atoms with Crippen molar-refractivity contribution in [3.8, 4) is 0 Å². The molecule has 0 heterocycles. The molecule has 104 valence electrons. The first-order valence-electron chi connectivity index (χ1n) is 5.94. The lowest BCUT2D eigenvalue weighted by atomic mass is 10.2. The van der Waals surface area contributed by atoms with Crippen LogP contribution >= 0.6 is 0 Å². The maximum Gasteiger partial charge on any atom is 0.320 e. The largest absolute Gasteiger partial charge is 0.459 e. The van der Waals surface area contributed by atoms with E-state index in [1.807, 2.05) is 0 Å². The van der Waals surface area contributed by atoms with Crippen molar-refractivity contribution in [1.82, 2.24) is 5.32 Å². The average Bonchev–Trinajstić information content (AvgIpc) is 2.27. The van der Waals surface area contributed by atoms with E-state index in [1.54, 1.807) is 32.9 Å². The van der Waals surface area contributed by atoms with Gasteiger partial charge in [0.25, 0.3) is 5.69 Å². The second-order valence-electron chi connectivity index (χ2n) is 5.11. The van der Waals surface area contributed by atoms with Crippen LogP contribution in [0, 0.1) is 10.1 Å². The van der Waals surface area contributed by atoms with Gasteiger partial charge in [-0.15, -0.1) is 0 Å². The van der Waals surface area contributed by atoms with Crippen LogP contribution in [0.4, 0.5) is 5.69 Å². The summed E-state index contributed by atoms with van der Waals surface area (Å²) in [5.41, 5.74) is 0.427. The van der Waals surface area contributed by atoms with Crippen LogP contribution in [0.2, 0.25) is 0 Å². The Labute approximate surface area is 111 Å². The van der Waals surface area contributed by atoms with Crippen LogP contribution in [0.3, 0.4) is 0 Å². The molecule has 6 heteroatoms. The first kappa shape index (κ1) is 15.1. The number of nitrogens with zero attached hydrogens (tertiary/aromatic N) is 1. The second kappa shape index (κ2) is 6.29. The zero-order chi connectivity index (χ0) is 14.5. The summed E-state index contributed by atoms with van der Waals surface area (Å²) in [5.74, 6) is -0.325. The molecule has 0 spiro atoms. The fourth-order valence-corrected chi connectivity index (χ4v) is 1.42. The van der Waals surface area contributed by atoms with Crippen LogP contribution in [0.1, 0.15) is 26.3 Å². The summed E-state index contributed by atoms with van der Waals surface area (Å²) in [6.45, 7) is 5.98. The third kappa shape index (κ3) is 5.96. The Balaban J connectivity index is 2.37. The zero-order valence-corrected chi connectivity index (χ0v) is 11.3. The fourth-order valence-electron chi connectivity index (χ4n) is 1.42. The topological polar surface area (TPSA) is 81.5 Å². The van der Waals surface area contributed by atoms with E-state index in [2.05, 4.69) is 5.32 Å². The highest BCUT2D eigenvalue weighted by atomic mass is 16.6. The van der Waals surface area contributed by atoms with Gasteiger partial charge in [-0.2, -0.15) is 0 Å². The minimum atomic E-state index is -0.494. The average molecular weight is 266 g/mol. The van der Waals surface area contributed by atoms with Crippen LogP contribution in [0.5, 0.6) is 0 Å². The molecule has 19 heavy (non-hydrogen) atoms. The van der Waals surface area contributed by atoms with E-state index in [9.17, 15) is 14.9 Å². The molecule has 0 saturated carbocycles. The number of benzene rings is 1. The molecule has 0 saturated heterocycles. The number of nitrogens with one attached hydrogen (secondary N) is 1. The zero-order valence-electron chi connectivity index (χ0n) is 11.3. The molecule has 0 aliphatic heterocycles. The predicted octanol–water partition coefficient (Wildman–Crippen LogP) is 2.03. The number of non-ortho nitro benzene ring substituents is 1. The van der Waals surface area contributed by atoms with Crippen molar-refractivity contribution in [1.29, 1.82) is 0 Å². The van der Waals surface area contributed by atoms with E-state index < -0.39 is 10.5 Å². The van der Waals surface area contributed by atoms with Gasteiger partial charge in [0.15, 0.2) is 0 Å². The Morgan fingerprint density at radius 2 is 1.89 bits per heavy atom. The smallest absolute Gasteiger partial charge is 0.320 e. The van der Waals surface area contributed by atoms with Gasteiger partial charge in [0, 0.05) is 18.7 Å². The van der Waals surface area contributed by atoms with Crippen LogP contribution in [0.25, 0.3) is 0 Å². The summed E-state index contributed by atoms with van der Waals surface area (Å²) >= 11 is 0.